The molecular formula is C14H16BrFO3. The Morgan fingerprint density at radius 1 is 1.63 bits per heavy atom. The fraction of sp³-hybridized carbons (Fsp3) is 0.500. The SMILES string of the molecule is COc1c(C)cc(Br)c(F)c1C(CC(=O)O)C1CC1. The number of benzene rings is 1. The van der Waals surface area contributed by atoms with Gasteiger partial charge in [0.25, 0.3) is 0 Å². The van der Waals surface area contributed by atoms with Gasteiger partial charge in [-0.2, -0.15) is 0 Å². The van der Waals surface area contributed by atoms with Crippen LogP contribution in [0, 0.1) is 18.7 Å². The number of aryl methyl sites for hydroxylation is 1. The third-order valence-electron chi connectivity index (χ3n) is 3.55. The summed E-state index contributed by atoms with van der Waals surface area (Å²) in [5, 5.41) is 9.04. The normalized spacial score (nSPS) is 16.2. The van der Waals surface area contributed by atoms with Crippen LogP contribution in [0.3, 0.4) is 0 Å². The second-order valence-corrected chi connectivity index (χ2v) is 5.83. The van der Waals surface area contributed by atoms with Gasteiger partial charge in [0.1, 0.15) is 11.6 Å². The van der Waals surface area contributed by atoms with E-state index in [0.29, 0.717) is 15.8 Å². The zero-order valence-corrected chi connectivity index (χ0v) is 12.5. The quantitative estimate of drug-likeness (QED) is 0.891. The monoisotopic (exact) mass is 330 g/mol. The molecule has 1 aromatic carbocycles. The molecule has 0 aliphatic heterocycles. The van der Waals surface area contributed by atoms with Crippen molar-refractivity contribution in [3.05, 3.63) is 27.5 Å². The zero-order chi connectivity index (χ0) is 14.2. The molecule has 19 heavy (non-hydrogen) atoms. The van der Waals surface area contributed by atoms with E-state index in [0.717, 1.165) is 18.4 Å². The zero-order valence-electron chi connectivity index (χ0n) is 10.9. The van der Waals surface area contributed by atoms with E-state index < -0.39 is 11.8 Å². The summed E-state index contributed by atoms with van der Waals surface area (Å²) >= 11 is 3.19. The smallest absolute Gasteiger partial charge is 0.303 e. The van der Waals surface area contributed by atoms with Crippen molar-refractivity contribution in [2.75, 3.05) is 7.11 Å². The highest BCUT2D eigenvalue weighted by molar-refractivity contribution is 9.10. The maximum Gasteiger partial charge on any atom is 0.303 e. The van der Waals surface area contributed by atoms with Gasteiger partial charge >= 0.3 is 5.97 Å². The fourth-order valence-corrected chi connectivity index (χ4v) is 3.11. The van der Waals surface area contributed by atoms with Crippen molar-refractivity contribution in [3.63, 3.8) is 0 Å². The first-order valence-corrected chi connectivity index (χ1v) is 6.99. The lowest BCUT2D eigenvalue weighted by Gasteiger charge is -2.21. The van der Waals surface area contributed by atoms with Crippen LogP contribution in [0.4, 0.5) is 4.39 Å². The minimum atomic E-state index is -0.906. The Labute approximate surface area is 119 Å². The van der Waals surface area contributed by atoms with Crippen LogP contribution in [0.1, 0.15) is 36.3 Å². The minimum absolute atomic E-state index is 0.0617. The fourth-order valence-electron chi connectivity index (χ4n) is 2.55. The molecule has 0 heterocycles. The molecule has 0 aromatic heterocycles. The van der Waals surface area contributed by atoms with E-state index in [4.69, 9.17) is 9.84 Å². The molecule has 0 bridgehead atoms. The Morgan fingerprint density at radius 2 is 2.26 bits per heavy atom. The molecule has 0 amide bonds. The maximum atomic E-state index is 14.4. The van der Waals surface area contributed by atoms with E-state index >= 15 is 0 Å². The van der Waals surface area contributed by atoms with Crippen molar-refractivity contribution in [1.82, 2.24) is 0 Å². The summed E-state index contributed by atoms with van der Waals surface area (Å²) in [5.41, 5.74) is 1.21. The molecule has 104 valence electrons. The van der Waals surface area contributed by atoms with E-state index in [1.807, 2.05) is 6.92 Å². The Kier molecular flexibility index (Phi) is 4.13. The first-order valence-electron chi connectivity index (χ1n) is 6.20. The van der Waals surface area contributed by atoms with E-state index in [1.54, 1.807) is 6.07 Å². The number of hydrogen-bond donors (Lipinski definition) is 1. The highest BCUT2D eigenvalue weighted by Gasteiger charge is 2.38. The number of rotatable bonds is 5. The Hall–Kier alpha value is -1.10. The van der Waals surface area contributed by atoms with E-state index in [1.165, 1.54) is 7.11 Å². The number of carbonyl (C=O) groups is 1. The van der Waals surface area contributed by atoms with E-state index in [2.05, 4.69) is 15.9 Å². The molecule has 1 fully saturated rings. The van der Waals surface area contributed by atoms with Crippen LogP contribution in [-0.2, 0) is 4.79 Å². The molecule has 5 heteroatoms. The van der Waals surface area contributed by atoms with Gasteiger partial charge in [0.05, 0.1) is 18.0 Å². The van der Waals surface area contributed by atoms with Crippen molar-refractivity contribution < 1.29 is 19.0 Å². The topological polar surface area (TPSA) is 46.5 Å². The number of hydrogen-bond acceptors (Lipinski definition) is 2. The Morgan fingerprint density at radius 3 is 2.74 bits per heavy atom. The third-order valence-corrected chi connectivity index (χ3v) is 4.13. The number of ether oxygens (including phenoxy) is 1. The summed E-state index contributed by atoms with van der Waals surface area (Å²) < 4.78 is 20.1. The second-order valence-electron chi connectivity index (χ2n) is 4.98. The molecule has 2 rings (SSSR count). The van der Waals surface area contributed by atoms with Gasteiger partial charge in [-0.25, -0.2) is 4.39 Å². The molecule has 1 aliphatic rings. The van der Waals surface area contributed by atoms with Gasteiger partial charge in [0.15, 0.2) is 0 Å². The lowest BCUT2D eigenvalue weighted by molar-refractivity contribution is -0.137. The van der Waals surface area contributed by atoms with E-state index in [9.17, 15) is 9.18 Å². The van der Waals surface area contributed by atoms with Crippen LogP contribution in [-0.4, -0.2) is 18.2 Å². The highest BCUT2D eigenvalue weighted by Crippen LogP contribution is 2.49. The largest absolute Gasteiger partial charge is 0.496 e. The maximum absolute atomic E-state index is 14.4. The van der Waals surface area contributed by atoms with Gasteiger partial charge in [-0.1, -0.05) is 0 Å². The molecule has 3 nitrogen and oxygen atoms in total. The van der Waals surface area contributed by atoms with E-state index in [-0.39, 0.29) is 18.3 Å². The van der Waals surface area contributed by atoms with Crippen LogP contribution in [0.15, 0.2) is 10.5 Å². The summed E-state index contributed by atoms with van der Waals surface area (Å²) in [6, 6.07) is 1.66. The molecule has 0 saturated heterocycles. The van der Waals surface area contributed by atoms with Crippen molar-refractivity contribution in [3.8, 4) is 5.75 Å². The molecular weight excluding hydrogens is 315 g/mol. The van der Waals surface area contributed by atoms with Crippen LogP contribution in [0.2, 0.25) is 0 Å². The predicted octanol–water partition coefficient (Wildman–Crippen LogP) is 3.87. The third kappa shape index (κ3) is 2.91. The average Bonchev–Trinajstić information content (AvgIpc) is 3.14. The van der Waals surface area contributed by atoms with Gasteiger partial charge in [-0.15, -0.1) is 0 Å². The minimum Gasteiger partial charge on any atom is -0.496 e. The summed E-state index contributed by atoms with van der Waals surface area (Å²) in [6.07, 6.45) is 1.84. The molecule has 1 unspecified atom stereocenters. The second kappa shape index (κ2) is 5.49. The predicted molar refractivity (Wildman–Crippen MR) is 73.1 cm³/mol. The average molecular weight is 331 g/mol. The number of methoxy groups -OCH3 is 1. The first kappa shape index (κ1) is 14.3. The number of carboxylic acid groups (broad SMARTS) is 1. The van der Waals surface area contributed by atoms with Gasteiger partial charge in [0, 0.05) is 11.5 Å². The Bertz CT molecular complexity index is 512. The molecule has 1 saturated carbocycles. The lowest BCUT2D eigenvalue weighted by atomic mass is 9.88. The molecule has 1 aromatic rings. The van der Waals surface area contributed by atoms with Crippen LogP contribution < -0.4 is 4.74 Å². The van der Waals surface area contributed by atoms with Crippen molar-refractivity contribution in [2.45, 2.75) is 32.1 Å². The summed E-state index contributed by atoms with van der Waals surface area (Å²) in [6.45, 7) is 1.83. The van der Waals surface area contributed by atoms with Crippen molar-refractivity contribution in [2.24, 2.45) is 5.92 Å². The van der Waals surface area contributed by atoms with Gasteiger partial charge in [-0.05, 0) is 53.2 Å². The van der Waals surface area contributed by atoms with Gasteiger partial charge in [0.2, 0.25) is 0 Å². The van der Waals surface area contributed by atoms with Crippen LogP contribution in [0.25, 0.3) is 0 Å². The molecule has 0 spiro atoms. The summed E-state index contributed by atoms with van der Waals surface area (Å²) in [5.74, 6) is -0.910. The summed E-state index contributed by atoms with van der Waals surface area (Å²) in [7, 11) is 1.49. The Balaban J connectivity index is 2.53. The molecule has 1 atom stereocenters. The van der Waals surface area contributed by atoms with Gasteiger partial charge in [-0.3, -0.25) is 4.79 Å². The van der Waals surface area contributed by atoms with Gasteiger partial charge < -0.3 is 9.84 Å². The lowest BCUT2D eigenvalue weighted by Crippen LogP contribution is -2.12. The van der Waals surface area contributed by atoms with Crippen molar-refractivity contribution >= 4 is 21.9 Å². The molecule has 1 aliphatic carbocycles. The first-order chi connectivity index (χ1) is 8.95. The molecule has 1 N–H and O–H groups in total. The molecule has 0 radical (unpaired) electrons. The number of halogens is 2. The highest BCUT2D eigenvalue weighted by atomic mass is 79.9. The van der Waals surface area contributed by atoms with Crippen LogP contribution >= 0.6 is 15.9 Å². The number of carboxylic acids is 1. The number of aliphatic carboxylic acids is 1. The van der Waals surface area contributed by atoms with Crippen LogP contribution in [0.5, 0.6) is 5.75 Å². The van der Waals surface area contributed by atoms with Crippen molar-refractivity contribution in [1.29, 1.82) is 0 Å². The summed E-state index contributed by atoms with van der Waals surface area (Å²) in [4.78, 5) is 11.0. The standard InChI is InChI=1S/C14H16BrFO3/c1-7-5-10(15)13(16)12(14(7)19-2)9(6-11(17)18)8-3-4-8/h5,8-9H,3-4,6H2,1-2H3,(H,17,18).